The minimum Gasteiger partial charge on any atom is -0.354 e. The molecule has 0 fully saturated rings. The predicted octanol–water partition coefficient (Wildman–Crippen LogP) is 0.478. The lowest BCUT2D eigenvalue weighted by molar-refractivity contribution is -0.862. The van der Waals surface area contributed by atoms with E-state index in [1.165, 1.54) is 0 Å². The van der Waals surface area contributed by atoms with Crippen LogP contribution < -0.4 is 20.9 Å². The average molecular weight is 404 g/mol. The highest BCUT2D eigenvalue weighted by Crippen LogP contribution is 2.24. The summed E-state index contributed by atoms with van der Waals surface area (Å²) < 4.78 is 0. The van der Waals surface area contributed by atoms with Crippen LogP contribution in [0.3, 0.4) is 0 Å². The van der Waals surface area contributed by atoms with Crippen LogP contribution in [0.25, 0.3) is 0 Å². The lowest BCUT2D eigenvalue weighted by Gasteiger charge is -2.17. The first kappa shape index (κ1) is 22.2. The van der Waals surface area contributed by atoms with E-state index in [0.29, 0.717) is 27.2 Å². The van der Waals surface area contributed by atoms with Gasteiger partial charge in [0.1, 0.15) is 6.04 Å². The third-order valence-corrected chi connectivity index (χ3v) is 4.19. The lowest BCUT2D eigenvalue weighted by atomic mass is 10.3. The van der Waals surface area contributed by atoms with Crippen molar-refractivity contribution in [1.82, 2.24) is 10.6 Å². The fraction of sp³-hybridized carbons (Fsp3) is 0.471. The van der Waals surface area contributed by atoms with Crippen molar-refractivity contribution in [3.05, 3.63) is 28.2 Å². The molecule has 3 amide bonds. The Morgan fingerprint density at radius 1 is 1.12 bits per heavy atom. The molecule has 0 aliphatic carbocycles. The lowest BCUT2D eigenvalue weighted by Crippen LogP contribution is -3.11. The molecule has 1 unspecified atom stereocenters. The summed E-state index contributed by atoms with van der Waals surface area (Å²) in [6, 6.07) is 4.17. The number of hydrogen-bond donors (Lipinski definition) is 4. The molecule has 26 heavy (non-hydrogen) atoms. The molecule has 1 aromatic carbocycles. The first-order valence-electron chi connectivity index (χ1n) is 8.36. The Bertz CT molecular complexity index is 655. The van der Waals surface area contributed by atoms with E-state index in [9.17, 15) is 14.4 Å². The fourth-order valence-electron chi connectivity index (χ4n) is 2.15. The topological polar surface area (TPSA) is 91.7 Å². The Balaban J connectivity index is 2.41. The van der Waals surface area contributed by atoms with Crippen LogP contribution in [0.1, 0.15) is 20.3 Å². The number of carbonyl (C=O) groups excluding carboxylic acids is 3. The van der Waals surface area contributed by atoms with Crippen LogP contribution in [0.15, 0.2) is 18.2 Å². The van der Waals surface area contributed by atoms with Gasteiger partial charge in [-0.15, -0.1) is 0 Å². The molecule has 4 N–H and O–H groups in total. The van der Waals surface area contributed by atoms with Crippen LogP contribution in [-0.2, 0) is 14.4 Å². The van der Waals surface area contributed by atoms with Gasteiger partial charge < -0.3 is 20.9 Å². The zero-order valence-corrected chi connectivity index (χ0v) is 16.6. The monoisotopic (exact) mass is 403 g/mol. The number of likely N-dealkylation sites (N-methyl/N-ethyl adjacent to an activating group) is 1. The van der Waals surface area contributed by atoms with E-state index in [0.717, 1.165) is 6.42 Å². The predicted molar refractivity (Wildman–Crippen MR) is 103 cm³/mol. The van der Waals surface area contributed by atoms with Crippen molar-refractivity contribution in [1.29, 1.82) is 0 Å². The maximum atomic E-state index is 12.0. The van der Waals surface area contributed by atoms with Gasteiger partial charge in [-0.2, -0.15) is 0 Å². The van der Waals surface area contributed by atoms with Crippen LogP contribution in [-0.4, -0.2) is 50.4 Å². The van der Waals surface area contributed by atoms with Crippen LogP contribution >= 0.6 is 23.2 Å². The van der Waals surface area contributed by atoms with Crippen LogP contribution in [0, 0.1) is 0 Å². The van der Waals surface area contributed by atoms with Gasteiger partial charge in [0.05, 0.1) is 17.1 Å². The van der Waals surface area contributed by atoms with Crippen molar-refractivity contribution in [2.75, 3.05) is 32.0 Å². The van der Waals surface area contributed by atoms with E-state index >= 15 is 0 Å². The zero-order valence-electron chi connectivity index (χ0n) is 15.1. The second kappa shape index (κ2) is 11.0. The number of quaternary nitrogens is 1. The number of anilines is 1. The number of halogens is 2. The fourth-order valence-corrected chi connectivity index (χ4v) is 2.45. The van der Waals surface area contributed by atoms with E-state index in [2.05, 4.69) is 16.0 Å². The molecule has 0 saturated carbocycles. The molecule has 7 nitrogen and oxygen atoms in total. The number of hydrogen-bond acceptors (Lipinski definition) is 3. The van der Waals surface area contributed by atoms with E-state index in [1.54, 1.807) is 32.2 Å². The van der Waals surface area contributed by atoms with Crippen molar-refractivity contribution in [2.24, 2.45) is 0 Å². The van der Waals surface area contributed by atoms with E-state index in [4.69, 9.17) is 23.2 Å². The molecule has 0 spiro atoms. The van der Waals surface area contributed by atoms with Crippen molar-refractivity contribution < 1.29 is 19.3 Å². The molecule has 144 valence electrons. The molecule has 0 bridgehead atoms. The highest BCUT2D eigenvalue weighted by Gasteiger charge is 2.19. The number of benzene rings is 1. The summed E-state index contributed by atoms with van der Waals surface area (Å²) in [5.41, 5.74) is 0.530. The minimum absolute atomic E-state index is 0.0696. The highest BCUT2D eigenvalue weighted by molar-refractivity contribution is 6.42. The number of nitrogens with one attached hydrogen (secondary N) is 4. The van der Waals surface area contributed by atoms with Crippen molar-refractivity contribution in [3.63, 3.8) is 0 Å². The third-order valence-electron chi connectivity index (χ3n) is 3.45. The van der Waals surface area contributed by atoms with Gasteiger partial charge in [0.2, 0.25) is 5.91 Å². The van der Waals surface area contributed by atoms with Crippen LogP contribution in [0.4, 0.5) is 5.69 Å². The Morgan fingerprint density at radius 2 is 1.77 bits per heavy atom. The Kier molecular flexibility index (Phi) is 9.40. The number of amides is 3. The SMILES string of the molecule is CCCNC(=O)[C@@H](C)NC(=O)C[NH+](C)CC(=O)Nc1ccc(Cl)c(Cl)c1. The maximum absolute atomic E-state index is 12.0. The van der Waals surface area contributed by atoms with E-state index in [-0.39, 0.29) is 30.8 Å². The van der Waals surface area contributed by atoms with Gasteiger partial charge in [-0.25, -0.2) is 0 Å². The van der Waals surface area contributed by atoms with Crippen LogP contribution in [0.2, 0.25) is 10.0 Å². The first-order valence-corrected chi connectivity index (χ1v) is 9.11. The van der Waals surface area contributed by atoms with E-state index < -0.39 is 6.04 Å². The summed E-state index contributed by atoms with van der Waals surface area (Å²) in [6.07, 6.45) is 0.827. The zero-order chi connectivity index (χ0) is 19.7. The smallest absolute Gasteiger partial charge is 0.279 e. The second-order valence-corrected chi connectivity index (χ2v) is 6.88. The van der Waals surface area contributed by atoms with Gasteiger partial charge in [0.25, 0.3) is 11.8 Å². The average Bonchev–Trinajstić information content (AvgIpc) is 2.55. The molecule has 0 saturated heterocycles. The van der Waals surface area contributed by atoms with Crippen molar-refractivity contribution in [3.8, 4) is 0 Å². The minimum atomic E-state index is -0.619. The van der Waals surface area contributed by atoms with Gasteiger partial charge >= 0.3 is 0 Å². The van der Waals surface area contributed by atoms with Gasteiger partial charge in [0, 0.05) is 12.2 Å². The molecule has 1 aromatic rings. The van der Waals surface area contributed by atoms with Gasteiger partial charge in [-0.05, 0) is 31.5 Å². The second-order valence-electron chi connectivity index (χ2n) is 6.07. The summed E-state index contributed by atoms with van der Waals surface area (Å²) in [5.74, 6) is -0.790. The van der Waals surface area contributed by atoms with Gasteiger partial charge in [-0.1, -0.05) is 30.1 Å². The summed E-state index contributed by atoms with van der Waals surface area (Å²) in [6.45, 7) is 4.30. The number of rotatable bonds is 9. The van der Waals surface area contributed by atoms with Crippen LogP contribution in [0.5, 0.6) is 0 Å². The van der Waals surface area contributed by atoms with Crippen molar-refractivity contribution >= 4 is 46.6 Å². The molecule has 0 heterocycles. The van der Waals surface area contributed by atoms with Crippen molar-refractivity contribution in [2.45, 2.75) is 26.3 Å². The summed E-state index contributed by atoms with van der Waals surface area (Å²) >= 11 is 11.7. The molecule has 0 aliphatic heterocycles. The number of carbonyl (C=O) groups is 3. The molecular weight excluding hydrogens is 379 g/mol. The third kappa shape index (κ3) is 8.03. The molecular formula is C17H25Cl2N4O3+. The van der Waals surface area contributed by atoms with E-state index in [1.807, 2.05) is 6.92 Å². The summed E-state index contributed by atoms with van der Waals surface area (Å²) in [5, 5.41) is 8.78. The largest absolute Gasteiger partial charge is 0.354 e. The molecule has 0 aliphatic rings. The molecule has 9 heteroatoms. The standard InChI is InChI=1S/C17H24Cl2N4O3/c1-4-7-20-17(26)11(2)21-15(24)9-23(3)10-16(25)22-12-5-6-13(18)14(19)8-12/h5-6,8,11H,4,7,9-10H2,1-3H3,(H,20,26)(H,21,24)(H,22,25)/p+1/t11-/m1/s1. The molecule has 2 atom stereocenters. The Morgan fingerprint density at radius 3 is 2.38 bits per heavy atom. The summed E-state index contributed by atoms with van der Waals surface area (Å²) in [4.78, 5) is 36.5. The molecule has 1 rings (SSSR count). The first-order chi connectivity index (χ1) is 12.2. The van der Waals surface area contributed by atoms with Gasteiger partial charge in [0.15, 0.2) is 13.1 Å². The van der Waals surface area contributed by atoms with Gasteiger partial charge in [-0.3, -0.25) is 14.4 Å². The highest BCUT2D eigenvalue weighted by atomic mass is 35.5. The Labute approximate surface area is 163 Å². The normalized spacial score (nSPS) is 12.8. The maximum Gasteiger partial charge on any atom is 0.279 e. The summed E-state index contributed by atoms with van der Waals surface area (Å²) in [7, 11) is 1.72. The molecule has 0 radical (unpaired) electrons. The molecule has 0 aromatic heterocycles. The quantitative estimate of drug-likeness (QED) is 0.483. The Hall–Kier alpha value is -1.83.